The first-order chi connectivity index (χ1) is 9.36. The predicted molar refractivity (Wildman–Crippen MR) is 76.8 cm³/mol. The Labute approximate surface area is 118 Å². The number of carbonyl (C=O) groups excluding carboxylic acids is 1. The molecule has 0 aliphatic carbocycles. The lowest BCUT2D eigenvalue weighted by Gasteiger charge is -2.12. The molecule has 2 atom stereocenters. The normalized spacial score (nSPS) is 13.3. The zero-order chi connectivity index (χ0) is 15.3. The SMILES string of the molecule is CC(CNC(=O)c1cc([N+](=O)[O-])ccc1NN)S(C)=O. The van der Waals surface area contributed by atoms with Gasteiger partial charge in [0.25, 0.3) is 11.6 Å². The van der Waals surface area contributed by atoms with E-state index in [0.29, 0.717) is 0 Å². The van der Waals surface area contributed by atoms with Crippen LogP contribution < -0.4 is 16.6 Å². The van der Waals surface area contributed by atoms with Gasteiger partial charge < -0.3 is 10.7 Å². The molecule has 2 unspecified atom stereocenters. The number of nitrogen functional groups attached to an aromatic ring is 1. The Kier molecular flexibility index (Phi) is 5.59. The smallest absolute Gasteiger partial charge is 0.270 e. The van der Waals surface area contributed by atoms with Crippen molar-refractivity contribution >= 4 is 28.1 Å². The van der Waals surface area contributed by atoms with Crippen molar-refractivity contribution in [2.75, 3.05) is 18.2 Å². The van der Waals surface area contributed by atoms with Gasteiger partial charge in [0.1, 0.15) is 0 Å². The molecule has 1 aromatic carbocycles. The summed E-state index contributed by atoms with van der Waals surface area (Å²) in [6.45, 7) is 1.93. The number of nitro groups is 1. The maximum Gasteiger partial charge on any atom is 0.270 e. The summed E-state index contributed by atoms with van der Waals surface area (Å²) in [5, 5.41) is 13.1. The van der Waals surface area contributed by atoms with Gasteiger partial charge in [0.05, 0.1) is 16.2 Å². The number of anilines is 1. The van der Waals surface area contributed by atoms with Crippen LogP contribution in [0.4, 0.5) is 11.4 Å². The summed E-state index contributed by atoms with van der Waals surface area (Å²) in [7, 11) is -1.07. The Morgan fingerprint density at radius 2 is 2.20 bits per heavy atom. The Hall–Kier alpha value is -2.00. The van der Waals surface area contributed by atoms with E-state index in [4.69, 9.17) is 5.84 Å². The number of non-ortho nitro benzene ring substituents is 1. The van der Waals surface area contributed by atoms with Crippen molar-refractivity contribution in [3.8, 4) is 0 Å². The van der Waals surface area contributed by atoms with E-state index in [1.54, 1.807) is 6.92 Å². The standard InChI is InChI=1S/C11H16N4O4S/c1-7(20(2)19)6-13-11(16)9-5-8(15(17)18)3-4-10(9)14-12/h3-5,7,14H,6,12H2,1-2H3,(H,13,16). The van der Waals surface area contributed by atoms with Crippen LogP contribution >= 0.6 is 0 Å². The summed E-state index contributed by atoms with van der Waals surface area (Å²) < 4.78 is 11.2. The van der Waals surface area contributed by atoms with Crippen LogP contribution in [0.5, 0.6) is 0 Å². The first-order valence-electron chi connectivity index (χ1n) is 5.72. The van der Waals surface area contributed by atoms with Gasteiger partial charge in [-0.3, -0.25) is 25.0 Å². The van der Waals surface area contributed by atoms with E-state index in [1.165, 1.54) is 18.4 Å². The molecular weight excluding hydrogens is 284 g/mol. The van der Waals surface area contributed by atoms with Crippen molar-refractivity contribution in [3.63, 3.8) is 0 Å². The van der Waals surface area contributed by atoms with Crippen LogP contribution in [0, 0.1) is 10.1 Å². The molecule has 0 aliphatic rings. The molecule has 1 aromatic rings. The molecule has 0 heterocycles. The molecule has 0 bridgehead atoms. The molecule has 4 N–H and O–H groups in total. The maximum absolute atomic E-state index is 12.0. The molecule has 8 nitrogen and oxygen atoms in total. The molecule has 1 rings (SSSR count). The average Bonchev–Trinajstić information content (AvgIpc) is 2.43. The number of hydrogen-bond donors (Lipinski definition) is 3. The summed E-state index contributed by atoms with van der Waals surface area (Å²) in [6, 6.07) is 3.74. The van der Waals surface area contributed by atoms with Gasteiger partial charge in [-0.2, -0.15) is 0 Å². The number of nitrogens with one attached hydrogen (secondary N) is 2. The number of benzene rings is 1. The second kappa shape index (κ2) is 6.96. The second-order valence-electron chi connectivity index (χ2n) is 4.15. The first kappa shape index (κ1) is 16.1. The predicted octanol–water partition coefficient (Wildman–Crippen LogP) is 0.377. The minimum absolute atomic E-state index is 0.0655. The average molecular weight is 300 g/mol. The molecule has 0 spiro atoms. The number of rotatable bonds is 6. The van der Waals surface area contributed by atoms with E-state index in [1.807, 2.05) is 0 Å². The van der Waals surface area contributed by atoms with Crippen molar-refractivity contribution in [2.45, 2.75) is 12.2 Å². The summed E-state index contributed by atoms with van der Waals surface area (Å²) >= 11 is 0. The van der Waals surface area contributed by atoms with E-state index >= 15 is 0 Å². The zero-order valence-corrected chi connectivity index (χ0v) is 11.9. The minimum Gasteiger partial charge on any atom is -0.351 e. The molecule has 20 heavy (non-hydrogen) atoms. The van der Waals surface area contributed by atoms with Gasteiger partial charge in [0, 0.05) is 41.0 Å². The number of hydrazine groups is 1. The van der Waals surface area contributed by atoms with Crippen molar-refractivity contribution in [3.05, 3.63) is 33.9 Å². The van der Waals surface area contributed by atoms with E-state index in [2.05, 4.69) is 10.7 Å². The van der Waals surface area contributed by atoms with Crippen LogP contribution in [0.25, 0.3) is 0 Å². The molecule has 1 amide bonds. The molecule has 9 heteroatoms. The number of nitrogens with two attached hydrogens (primary N) is 1. The molecule has 0 fully saturated rings. The Bertz CT molecular complexity index is 549. The highest BCUT2D eigenvalue weighted by Gasteiger charge is 2.17. The third-order valence-corrected chi connectivity index (χ3v) is 4.03. The van der Waals surface area contributed by atoms with Crippen LogP contribution in [-0.4, -0.2) is 33.1 Å². The quantitative estimate of drug-likeness (QED) is 0.396. The van der Waals surface area contributed by atoms with E-state index in [-0.39, 0.29) is 28.7 Å². The van der Waals surface area contributed by atoms with Crippen LogP contribution in [0.1, 0.15) is 17.3 Å². The summed E-state index contributed by atoms with van der Waals surface area (Å²) in [5.74, 6) is 4.76. The fourth-order valence-electron chi connectivity index (χ4n) is 1.41. The van der Waals surface area contributed by atoms with Gasteiger partial charge in [-0.25, -0.2) is 0 Å². The summed E-state index contributed by atoms with van der Waals surface area (Å²) in [5.41, 5.74) is 2.44. The largest absolute Gasteiger partial charge is 0.351 e. The lowest BCUT2D eigenvalue weighted by molar-refractivity contribution is -0.384. The number of carbonyl (C=O) groups is 1. The van der Waals surface area contributed by atoms with Gasteiger partial charge in [-0.05, 0) is 13.0 Å². The van der Waals surface area contributed by atoms with Crippen molar-refractivity contribution < 1.29 is 13.9 Å². The molecular formula is C11H16N4O4S. The third-order valence-electron chi connectivity index (χ3n) is 2.73. The zero-order valence-electron chi connectivity index (χ0n) is 11.1. The molecule has 0 saturated heterocycles. The maximum atomic E-state index is 12.0. The van der Waals surface area contributed by atoms with Gasteiger partial charge >= 0.3 is 0 Å². The van der Waals surface area contributed by atoms with Crippen LogP contribution in [0.3, 0.4) is 0 Å². The Morgan fingerprint density at radius 3 is 2.70 bits per heavy atom. The lowest BCUT2D eigenvalue weighted by atomic mass is 10.1. The Morgan fingerprint density at radius 1 is 1.55 bits per heavy atom. The highest BCUT2D eigenvalue weighted by atomic mass is 32.2. The molecule has 0 saturated carbocycles. The van der Waals surface area contributed by atoms with Crippen molar-refractivity contribution in [1.29, 1.82) is 0 Å². The lowest BCUT2D eigenvalue weighted by Crippen LogP contribution is -2.33. The van der Waals surface area contributed by atoms with Crippen LogP contribution in [0.15, 0.2) is 18.2 Å². The van der Waals surface area contributed by atoms with Gasteiger partial charge in [0.15, 0.2) is 0 Å². The molecule has 110 valence electrons. The van der Waals surface area contributed by atoms with E-state index in [0.717, 1.165) is 6.07 Å². The highest BCUT2D eigenvalue weighted by Crippen LogP contribution is 2.21. The van der Waals surface area contributed by atoms with Gasteiger partial charge in [-0.15, -0.1) is 0 Å². The summed E-state index contributed by atoms with van der Waals surface area (Å²) in [4.78, 5) is 22.1. The fourth-order valence-corrected chi connectivity index (χ4v) is 1.73. The van der Waals surface area contributed by atoms with Crippen LogP contribution in [-0.2, 0) is 10.8 Å². The van der Waals surface area contributed by atoms with Gasteiger partial charge in [0.2, 0.25) is 0 Å². The van der Waals surface area contributed by atoms with Crippen molar-refractivity contribution in [1.82, 2.24) is 5.32 Å². The number of hydrogen-bond acceptors (Lipinski definition) is 6. The molecule has 0 radical (unpaired) electrons. The van der Waals surface area contributed by atoms with E-state index < -0.39 is 21.6 Å². The fraction of sp³-hybridized carbons (Fsp3) is 0.364. The van der Waals surface area contributed by atoms with E-state index in [9.17, 15) is 19.1 Å². The third kappa shape index (κ3) is 4.00. The number of nitro benzene ring substituents is 1. The van der Waals surface area contributed by atoms with Crippen molar-refractivity contribution in [2.24, 2.45) is 5.84 Å². The van der Waals surface area contributed by atoms with Crippen LogP contribution in [0.2, 0.25) is 0 Å². The first-order valence-corrected chi connectivity index (χ1v) is 7.34. The molecule has 0 aliphatic heterocycles. The highest BCUT2D eigenvalue weighted by molar-refractivity contribution is 7.84. The monoisotopic (exact) mass is 300 g/mol. The van der Waals surface area contributed by atoms with Gasteiger partial charge in [-0.1, -0.05) is 0 Å². The Balaban J connectivity index is 2.93. The number of amides is 1. The number of nitrogens with zero attached hydrogens (tertiary/aromatic N) is 1. The topological polar surface area (TPSA) is 127 Å². The molecule has 0 aromatic heterocycles. The summed E-state index contributed by atoms with van der Waals surface area (Å²) in [6.07, 6.45) is 1.54. The minimum atomic E-state index is -1.07. The second-order valence-corrected chi connectivity index (χ2v) is 5.95.